The molecule has 2 N–H and O–H groups in total. The van der Waals surface area contributed by atoms with Crippen LogP contribution in [0.2, 0.25) is 0 Å². The highest BCUT2D eigenvalue weighted by Crippen LogP contribution is 2.24. The van der Waals surface area contributed by atoms with E-state index in [1.807, 2.05) is 24.3 Å². The molecule has 2 rings (SSSR count). The number of sulfonamides is 1. The number of halogens is 1. The minimum absolute atomic E-state index is 0.00226. The van der Waals surface area contributed by atoms with Crippen LogP contribution in [0.15, 0.2) is 57.9 Å². The van der Waals surface area contributed by atoms with Gasteiger partial charge in [0.2, 0.25) is 10.0 Å². The minimum atomic E-state index is -3.66. The second kappa shape index (κ2) is 8.52. The monoisotopic (exact) mass is 441 g/mol. The third kappa shape index (κ3) is 6.09. The summed E-state index contributed by atoms with van der Waals surface area (Å²) in [5, 5.41) is 9.99. The summed E-state index contributed by atoms with van der Waals surface area (Å²) in [6.45, 7) is 6.26. The van der Waals surface area contributed by atoms with Crippen LogP contribution in [0.4, 0.5) is 0 Å². The number of hydrogen-bond donors (Lipinski definition) is 2. The van der Waals surface area contributed by atoms with Gasteiger partial charge in [-0.15, -0.1) is 0 Å². The van der Waals surface area contributed by atoms with Crippen molar-refractivity contribution in [2.45, 2.75) is 37.2 Å². The first kappa shape index (κ1) is 20.9. The lowest BCUT2D eigenvalue weighted by Gasteiger charge is -2.19. The molecule has 0 aromatic heterocycles. The second-order valence-corrected chi connectivity index (χ2v) is 9.73. The van der Waals surface area contributed by atoms with Gasteiger partial charge in [-0.3, -0.25) is 0 Å². The molecule has 1 atom stereocenters. The molecule has 0 saturated heterocycles. The largest absolute Gasteiger partial charge is 0.491 e. The maximum atomic E-state index is 12.2. The normalized spacial score (nSPS) is 13.4. The van der Waals surface area contributed by atoms with Crippen LogP contribution in [0.3, 0.4) is 0 Å². The summed E-state index contributed by atoms with van der Waals surface area (Å²) in [5.74, 6) is 0.632. The van der Waals surface area contributed by atoms with E-state index in [1.165, 1.54) is 17.7 Å². The number of aliphatic hydroxyl groups excluding tert-OH is 1. The molecule has 0 aliphatic carbocycles. The van der Waals surface area contributed by atoms with Gasteiger partial charge in [0.1, 0.15) is 18.5 Å². The fraction of sp³-hybridized carbons (Fsp3) is 0.368. The van der Waals surface area contributed by atoms with E-state index in [4.69, 9.17) is 4.74 Å². The molecule has 5 nitrogen and oxygen atoms in total. The summed E-state index contributed by atoms with van der Waals surface area (Å²) < 4.78 is 33.1. The van der Waals surface area contributed by atoms with Crippen LogP contribution in [0.1, 0.15) is 26.3 Å². The van der Waals surface area contributed by atoms with E-state index in [2.05, 4.69) is 41.4 Å². The Morgan fingerprint density at radius 1 is 1.08 bits per heavy atom. The molecule has 0 amide bonds. The minimum Gasteiger partial charge on any atom is -0.491 e. The zero-order valence-corrected chi connectivity index (χ0v) is 17.5. The standard InChI is InChI=1S/C19H24BrNO4S/c1-19(2,3)14-4-8-17(9-5-14)25-13-16(22)12-21-26(23,24)18-10-6-15(20)7-11-18/h4-11,16,21-22H,12-13H2,1-3H3/t16-/m0/s1. The fourth-order valence-electron chi connectivity index (χ4n) is 2.21. The predicted octanol–water partition coefficient (Wildman–Crippen LogP) is 3.46. The van der Waals surface area contributed by atoms with E-state index in [-0.39, 0.29) is 23.5 Å². The van der Waals surface area contributed by atoms with Crippen molar-refractivity contribution < 1.29 is 18.3 Å². The smallest absolute Gasteiger partial charge is 0.240 e. The topological polar surface area (TPSA) is 75.6 Å². The van der Waals surface area contributed by atoms with E-state index >= 15 is 0 Å². The van der Waals surface area contributed by atoms with Crippen molar-refractivity contribution in [3.8, 4) is 5.75 Å². The first-order valence-corrected chi connectivity index (χ1v) is 10.5. The van der Waals surface area contributed by atoms with Crippen LogP contribution in [0.25, 0.3) is 0 Å². The molecule has 0 aliphatic heterocycles. The molecule has 0 unspecified atom stereocenters. The van der Waals surface area contributed by atoms with Gasteiger partial charge in [-0.1, -0.05) is 48.8 Å². The van der Waals surface area contributed by atoms with Gasteiger partial charge in [-0.2, -0.15) is 0 Å². The van der Waals surface area contributed by atoms with E-state index < -0.39 is 16.1 Å². The van der Waals surface area contributed by atoms with Crippen molar-refractivity contribution in [3.63, 3.8) is 0 Å². The van der Waals surface area contributed by atoms with Gasteiger partial charge in [0.05, 0.1) is 4.90 Å². The summed E-state index contributed by atoms with van der Waals surface area (Å²) in [6.07, 6.45) is -0.956. The first-order valence-electron chi connectivity index (χ1n) is 8.24. The number of benzene rings is 2. The lowest BCUT2D eigenvalue weighted by molar-refractivity contribution is 0.111. The number of aliphatic hydroxyl groups is 1. The lowest BCUT2D eigenvalue weighted by Crippen LogP contribution is -2.35. The highest BCUT2D eigenvalue weighted by molar-refractivity contribution is 9.10. The molecule has 0 bridgehead atoms. The molecule has 0 heterocycles. The SMILES string of the molecule is CC(C)(C)c1ccc(OC[C@@H](O)CNS(=O)(=O)c2ccc(Br)cc2)cc1. The fourth-order valence-corrected chi connectivity index (χ4v) is 3.54. The van der Waals surface area contributed by atoms with Crippen LogP contribution in [0.5, 0.6) is 5.75 Å². The third-order valence-electron chi connectivity index (χ3n) is 3.80. The Bertz CT molecular complexity index is 812. The quantitative estimate of drug-likeness (QED) is 0.689. The Morgan fingerprint density at radius 2 is 1.65 bits per heavy atom. The van der Waals surface area contributed by atoms with Gasteiger partial charge in [0, 0.05) is 11.0 Å². The van der Waals surface area contributed by atoms with Crippen LogP contribution < -0.4 is 9.46 Å². The maximum Gasteiger partial charge on any atom is 0.240 e. The van der Waals surface area contributed by atoms with Gasteiger partial charge in [0.15, 0.2) is 0 Å². The van der Waals surface area contributed by atoms with Gasteiger partial charge in [-0.05, 0) is 47.4 Å². The van der Waals surface area contributed by atoms with Crippen molar-refractivity contribution in [1.82, 2.24) is 4.72 Å². The summed E-state index contributed by atoms with van der Waals surface area (Å²) in [6, 6.07) is 13.9. The maximum absolute atomic E-state index is 12.2. The van der Waals surface area contributed by atoms with Gasteiger partial charge in [-0.25, -0.2) is 13.1 Å². The van der Waals surface area contributed by atoms with Crippen molar-refractivity contribution >= 4 is 26.0 Å². The molecule has 2 aromatic carbocycles. The number of ether oxygens (including phenoxy) is 1. The van der Waals surface area contributed by atoms with E-state index in [1.54, 1.807) is 12.1 Å². The van der Waals surface area contributed by atoms with Crippen LogP contribution >= 0.6 is 15.9 Å². The summed E-state index contributed by atoms with van der Waals surface area (Å²) in [5.41, 5.74) is 1.25. The third-order valence-corrected chi connectivity index (χ3v) is 5.76. The Labute approximate surface area is 163 Å². The van der Waals surface area contributed by atoms with E-state index in [0.717, 1.165) is 4.47 Å². The average Bonchev–Trinajstić information content (AvgIpc) is 2.58. The van der Waals surface area contributed by atoms with Crippen LogP contribution in [0, 0.1) is 0 Å². The Hall–Kier alpha value is -1.41. The molecule has 2 aromatic rings. The Balaban J connectivity index is 1.85. The number of nitrogens with one attached hydrogen (secondary N) is 1. The van der Waals surface area contributed by atoms with E-state index in [9.17, 15) is 13.5 Å². The van der Waals surface area contributed by atoms with E-state index in [0.29, 0.717) is 5.75 Å². The highest BCUT2D eigenvalue weighted by atomic mass is 79.9. The van der Waals surface area contributed by atoms with Gasteiger partial charge < -0.3 is 9.84 Å². The van der Waals surface area contributed by atoms with Gasteiger partial charge >= 0.3 is 0 Å². The van der Waals surface area contributed by atoms with Crippen molar-refractivity contribution in [3.05, 3.63) is 58.6 Å². The molecule has 142 valence electrons. The first-order chi connectivity index (χ1) is 12.1. The summed E-state index contributed by atoms with van der Waals surface area (Å²) in [7, 11) is -3.66. The zero-order valence-electron chi connectivity index (χ0n) is 15.1. The van der Waals surface area contributed by atoms with Crippen LogP contribution in [-0.4, -0.2) is 32.8 Å². The summed E-state index contributed by atoms with van der Waals surface area (Å²) in [4.78, 5) is 0.145. The number of rotatable bonds is 7. The zero-order chi connectivity index (χ0) is 19.4. The molecule has 0 radical (unpaired) electrons. The molecule has 26 heavy (non-hydrogen) atoms. The summed E-state index contributed by atoms with van der Waals surface area (Å²) >= 11 is 3.26. The predicted molar refractivity (Wildman–Crippen MR) is 106 cm³/mol. The number of hydrogen-bond acceptors (Lipinski definition) is 4. The molecular weight excluding hydrogens is 418 g/mol. The Morgan fingerprint density at radius 3 is 2.19 bits per heavy atom. The molecular formula is C19H24BrNO4S. The molecule has 0 spiro atoms. The molecule has 7 heteroatoms. The van der Waals surface area contributed by atoms with Gasteiger partial charge in [0.25, 0.3) is 0 Å². The highest BCUT2D eigenvalue weighted by Gasteiger charge is 2.16. The van der Waals surface area contributed by atoms with Crippen molar-refractivity contribution in [2.24, 2.45) is 0 Å². The van der Waals surface area contributed by atoms with Crippen LogP contribution in [-0.2, 0) is 15.4 Å². The Kier molecular flexibility index (Phi) is 6.85. The molecule has 0 aliphatic rings. The molecule has 0 saturated carbocycles. The average molecular weight is 442 g/mol. The van der Waals surface area contributed by atoms with Crippen molar-refractivity contribution in [1.29, 1.82) is 0 Å². The molecule has 0 fully saturated rings. The lowest BCUT2D eigenvalue weighted by atomic mass is 9.87. The second-order valence-electron chi connectivity index (χ2n) is 7.05. The van der Waals surface area contributed by atoms with Crippen molar-refractivity contribution in [2.75, 3.05) is 13.2 Å².